The highest BCUT2D eigenvalue weighted by Gasteiger charge is 2.08. The first-order valence-electron chi connectivity index (χ1n) is 6.35. The van der Waals surface area contributed by atoms with Crippen molar-refractivity contribution >= 4 is 39.8 Å². The van der Waals surface area contributed by atoms with Crippen LogP contribution in [0.15, 0.2) is 48.7 Å². The number of hydrogen-bond donors (Lipinski definition) is 1. The number of ether oxygens (including phenoxy) is 1. The fraction of sp³-hybridized carbons (Fsp3) is 0.0625. The maximum atomic E-state index is 6.09. The van der Waals surface area contributed by atoms with Crippen LogP contribution in [0, 0.1) is 0 Å². The third kappa shape index (κ3) is 2.89. The predicted molar refractivity (Wildman–Crippen MR) is 86.9 cm³/mol. The van der Waals surface area contributed by atoms with Gasteiger partial charge in [-0.2, -0.15) is 0 Å². The summed E-state index contributed by atoms with van der Waals surface area (Å²) in [4.78, 5) is 4.38. The van der Waals surface area contributed by atoms with Crippen LogP contribution in [0.5, 0.6) is 5.75 Å². The number of aromatic nitrogens is 1. The number of fused-ring (bicyclic) bond motifs is 1. The van der Waals surface area contributed by atoms with Gasteiger partial charge in [0.05, 0.1) is 10.5 Å². The molecule has 21 heavy (non-hydrogen) atoms. The topological polar surface area (TPSA) is 48.1 Å². The SMILES string of the molecule is Nc1ccc(COc2cc(Cl)ccc2Cl)c2ncccc12. The van der Waals surface area contributed by atoms with Gasteiger partial charge in [-0.25, -0.2) is 0 Å². The summed E-state index contributed by atoms with van der Waals surface area (Å²) in [5.41, 5.74) is 8.42. The molecule has 5 heteroatoms. The molecule has 106 valence electrons. The van der Waals surface area contributed by atoms with Crippen LogP contribution < -0.4 is 10.5 Å². The standard InChI is InChI=1S/C16H12Cl2N2O/c17-11-4-5-13(18)15(8-11)21-9-10-3-6-14(19)12-2-1-7-20-16(10)12/h1-8H,9,19H2. The summed E-state index contributed by atoms with van der Waals surface area (Å²) in [7, 11) is 0. The second-order valence-corrected chi connectivity index (χ2v) is 5.42. The van der Waals surface area contributed by atoms with Gasteiger partial charge in [-0.05, 0) is 30.3 Å². The number of nitrogens with zero attached hydrogens (tertiary/aromatic N) is 1. The number of nitrogen functional groups attached to an aromatic ring is 1. The van der Waals surface area contributed by atoms with E-state index in [2.05, 4.69) is 4.98 Å². The summed E-state index contributed by atoms with van der Waals surface area (Å²) < 4.78 is 5.75. The molecule has 0 aliphatic rings. The summed E-state index contributed by atoms with van der Waals surface area (Å²) in [6, 6.07) is 12.7. The Labute approximate surface area is 132 Å². The highest BCUT2D eigenvalue weighted by Crippen LogP contribution is 2.29. The van der Waals surface area contributed by atoms with Gasteiger partial charge >= 0.3 is 0 Å². The Morgan fingerprint density at radius 3 is 2.81 bits per heavy atom. The number of rotatable bonds is 3. The first-order valence-corrected chi connectivity index (χ1v) is 7.10. The van der Waals surface area contributed by atoms with E-state index in [4.69, 9.17) is 33.7 Å². The zero-order valence-electron chi connectivity index (χ0n) is 11.0. The molecule has 0 amide bonds. The first-order chi connectivity index (χ1) is 10.1. The lowest BCUT2D eigenvalue weighted by Gasteiger charge is -2.11. The maximum Gasteiger partial charge on any atom is 0.139 e. The van der Waals surface area contributed by atoms with E-state index in [1.165, 1.54) is 0 Å². The monoisotopic (exact) mass is 318 g/mol. The number of benzene rings is 2. The normalized spacial score (nSPS) is 10.8. The van der Waals surface area contributed by atoms with E-state index in [1.807, 2.05) is 24.3 Å². The third-order valence-electron chi connectivity index (χ3n) is 3.16. The van der Waals surface area contributed by atoms with Gasteiger partial charge < -0.3 is 10.5 Å². The summed E-state index contributed by atoms with van der Waals surface area (Å²) >= 11 is 12.0. The number of halogens is 2. The molecule has 0 saturated carbocycles. The largest absolute Gasteiger partial charge is 0.487 e. The van der Waals surface area contributed by atoms with Gasteiger partial charge in [0.25, 0.3) is 0 Å². The van der Waals surface area contributed by atoms with Crippen LogP contribution in [0.3, 0.4) is 0 Å². The second-order valence-electron chi connectivity index (χ2n) is 4.58. The number of anilines is 1. The number of hydrogen-bond acceptors (Lipinski definition) is 3. The van der Waals surface area contributed by atoms with Crippen molar-refractivity contribution in [2.45, 2.75) is 6.61 Å². The van der Waals surface area contributed by atoms with Gasteiger partial charge in [0.15, 0.2) is 0 Å². The van der Waals surface area contributed by atoms with Crippen LogP contribution in [0.25, 0.3) is 10.9 Å². The average Bonchev–Trinajstić information content (AvgIpc) is 2.50. The molecule has 3 rings (SSSR count). The molecule has 0 fully saturated rings. The fourth-order valence-corrected chi connectivity index (χ4v) is 2.45. The van der Waals surface area contributed by atoms with Crippen LogP contribution in [0.4, 0.5) is 5.69 Å². The van der Waals surface area contributed by atoms with Crippen LogP contribution in [0.2, 0.25) is 10.0 Å². The molecule has 0 saturated heterocycles. The van der Waals surface area contributed by atoms with Gasteiger partial charge in [0.1, 0.15) is 12.4 Å². The zero-order chi connectivity index (χ0) is 14.8. The molecular weight excluding hydrogens is 307 g/mol. The molecular formula is C16H12Cl2N2O. The van der Waals surface area contributed by atoms with Crippen molar-refractivity contribution in [3.8, 4) is 5.75 Å². The van der Waals surface area contributed by atoms with E-state index >= 15 is 0 Å². The van der Waals surface area contributed by atoms with Crippen LogP contribution in [-0.4, -0.2) is 4.98 Å². The number of nitrogens with two attached hydrogens (primary N) is 1. The van der Waals surface area contributed by atoms with Crippen molar-refractivity contribution in [2.24, 2.45) is 0 Å². The van der Waals surface area contributed by atoms with Crippen molar-refractivity contribution in [1.29, 1.82) is 0 Å². The first kappa shape index (κ1) is 14.0. The minimum Gasteiger partial charge on any atom is -0.487 e. The maximum absolute atomic E-state index is 6.09. The lowest BCUT2D eigenvalue weighted by Crippen LogP contribution is -1.99. The quantitative estimate of drug-likeness (QED) is 0.712. The molecule has 0 spiro atoms. The van der Waals surface area contributed by atoms with E-state index in [-0.39, 0.29) is 0 Å². The molecule has 2 aromatic carbocycles. The zero-order valence-corrected chi connectivity index (χ0v) is 12.5. The van der Waals surface area contributed by atoms with E-state index in [1.54, 1.807) is 24.4 Å². The molecule has 0 radical (unpaired) electrons. The molecule has 0 aliphatic carbocycles. The highest BCUT2D eigenvalue weighted by atomic mass is 35.5. The van der Waals surface area contributed by atoms with Gasteiger partial charge in [-0.3, -0.25) is 4.98 Å². The molecule has 0 aliphatic heterocycles. The van der Waals surface area contributed by atoms with Crippen molar-refractivity contribution in [3.05, 3.63) is 64.3 Å². The summed E-state index contributed by atoms with van der Waals surface area (Å²) in [5, 5.41) is 2.01. The van der Waals surface area contributed by atoms with E-state index < -0.39 is 0 Å². The Morgan fingerprint density at radius 2 is 1.95 bits per heavy atom. The molecule has 0 atom stereocenters. The fourth-order valence-electron chi connectivity index (χ4n) is 2.11. The van der Waals surface area contributed by atoms with E-state index in [0.29, 0.717) is 28.1 Å². The number of pyridine rings is 1. The van der Waals surface area contributed by atoms with Gasteiger partial charge in [0.2, 0.25) is 0 Å². The minimum absolute atomic E-state index is 0.341. The highest BCUT2D eigenvalue weighted by molar-refractivity contribution is 6.34. The molecule has 0 unspecified atom stereocenters. The lowest BCUT2D eigenvalue weighted by atomic mass is 10.1. The second kappa shape index (κ2) is 5.80. The predicted octanol–water partition coefficient (Wildman–Crippen LogP) is 4.70. The Kier molecular flexibility index (Phi) is 3.86. The van der Waals surface area contributed by atoms with Crippen LogP contribution in [0.1, 0.15) is 5.56 Å². The molecule has 3 nitrogen and oxygen atoms in total. The summed E-state index contributed by atoms with van der Waals surface area (Å²) in [6.07, 6.45) is 1.73. The molecule has 0 bridgehead atoms. The molecule has 1 heterocycles. The Bertz CT molecular complexity index is 805. The van der Waals surface area contributed by atoms with Gasteiger partial charge in [-0.1, -0.05) is 29.3 Å². The Hall–Kier alpha value is -1.97. The van der Waals surface area contributed by atoms with Gasteiger partial charge in [0, 0.05) is 33.9 Å². The molecule has 1 aromatic heterocycles. The van der Waals surface area contributed by atoms with Crippen molar-refractivity contribution in [1.82, 2.24) is 4.98 Å². The Morgan fingerprint density at radius 1 is 1.10 bits per heavy atom. The minimum atomic E-state index is 0.341. The summed E-state index contributed by atoms with van der Waals surface area (Å²) in [6.45, 7) is 0.341. The smallest absolute Gasteiger partial charge is 0.139 e. The van der Waals surface area contributed by atoms with Crippen molar-refractivity contribution < 1.29 is 4.74 Å². The lowest BCUT2D eigenvalue weighted by molar-refractivity contribution is 0.307. The Balaban J connectivity index is 1.92. The summed E-state index contributed by atoms with van der Waals surface area (Å²) in [5.74, 6) is 0.546. The molecule has 3 aromatic rings. The van der Waals surface area contributed by atoms with Crippen LogP contribution >= 0.6 is 23.2 Å². The van der Waals surface area contributed by atoms with Crippen molar-refractivity contribution in [2.75, 3.05) is 5.73 Å². The van der Waals surface area contributed by atoms with Crippen LogP contribution in [-0.2, 0) is 6.61 Å². The average molecular weight is 319 g/mol. The third-order valence-corrected chi connectivity index (χ3v) is 3.71. The van der Waals surface area contributed by atoms with E-state index in [9.17, 15) is 0 Å². The van der Waals surface area contributed by atoms with Crippen molar-refractivity contribution in [3.63, 3.8) is 0 Å². The molecule has 2 N–H and O–H groups in total. The van der Waals surface area contributed by atoms with E-state index in [0.717, 1.165) is 16.5 Å². The van der Waals surface area contributed by atoms with Gasteiger partial charge in [-0.15, -0.1) is 0 Å².